The van der Waals surface area contributed by atoms with Gasteiger partial charge in [0.2, 0.25) is 0 Å². The molecule has 0 unspecified atom stereocenters. The molecule has 1 aromatic carbocycles. The summed E-state index contributed by atoms with van der Waals surface area (Å²) >= 11 is 0. The maximum atomic E-state index is 12.6. The van der Waals surface area contributed by atoms with E-state index in [0.717, 1.165) is 17.7 Å². The van der Waals surface area contributed by atoms with Gasteiger partial charge in [-0.05, 0) is 23.8 Å². The molecule has 2 aromatic rings. The number of halogens is 2. The standard InChI is InChI=1S/C17H18F2N2O3/c18-17(19)24-15-4-3-13(21-10-12-2-1-6-20-9-12)8-16(15)23-14-5-7-22-11-14/h1-4,6,8-9,14,17,21H,5,7,10-11H2/t14-/m1/s1. The summed E-state index contributed by atoms with van der Waals surface area (Å²) in [6.07, 6.45) is 4.03. The molecular formula is C17H18F2N2O3. The summed E-state index contributed by atoms with van der Waals surface area (Å²) < 4.78 is 40.7. The first-order chi connectivity index (χ1) is 11.7. The number of pyridine rings is 1. The third-order valence-electron chi connectivity index (χ3n) is 3.56. The predicted octanol–water partition coefficient (Wildman–Crippen LogP) is 3.46. The third kappa shape index (κ3) is 4.55. The molecule has 1 saturated heterocycles. The second-order valence-electron chi connectivity index (χ2n) is 5.36. The Balaban J connectivity index is 1.72. The fourth-order valence-corrected chi connectivity index (χ4v) is 2.40. The Morgan fingerprint density at radius 1 is 1.29 bits per heavy atom. The number of hydrogen-bond acceptors (Lipinski definition) is 5. The lowest BCUT2D eigenvalue weighted by molar-refractivity contribution is -0.0520. The average Bonchev–Trinajstić information content (AvgIpc) is 3.08. The molecule has 1 aliphatic heterocycles. The smallest absolute Gasteiger partial charge is 0.387 e. The molecule has 3 rings (SSSR count). The largest absolute Gasteiger partial charge is 0.484 e. The summed E-state index contributed by atoms with van der Waals surface area (Å²) in [5.74, 6) is 0.297. The highest BCUT2D eigenvalue weighted by atomic mass is 19.3. The van der Waals surface area contributed by atoms with Crippen molar-refractivity contribution in [3.05, 3.63) is 48.3 Å². The van der Waals surface area contributed by atoms with Gasteiger partial charge in [-0.3, -0.25) is 4.98 Å². The minimum absolute atomic E-state index is 0.0174. The maximum absolute atomic E-state index is 12.6. The molecule has 1 N–H and O–H groups in total. The van der Waals surface area contributed by atoms with E-state index >= 15 is 0 Å². The van der Waals surface area contributed by atoms with Gasteiger partial charge in [-0.25, -0.2) is 0 Å². The van der Waals surface area contributed by atoms with E-state index in [4.69, 9.17) is 9.47 Å². The summed E-state index contributed by atoms with van der Waals surface area (Å²) in [6, 6.07) is 8.61. The van der Waals surface area contributed by atoms with E-state index in [9.17, 15) is 8.78 Å². The molecule has 0 bridgehead atoms. The molecule has 7 heteroatoms. The Labute approximate surface area is 138 Å². The molecule has 1 atom stereocenters. The molecule has 0 amide bonds. The summed E-state index contributed by atoms with van der Waals surface area (Å²) in [7, 11) is 0. The molecule has 1 fully saturated rings. The molecule has 0 saturated carbocycles. The lowest BCUT2D eigenvalue weighted by Crippen LogP contribution is -2.17. The minimum atomic E-state index is -2.90. The van der Waals surface area contributed by atoms with Crippen molar-refractivity contribution in [2.45, 2.75) is 25.7 Å². The van der Waals surface area contributed by atoms with E-state index in [1.807, 2.05) is 12.1 Å². The Morgan fingerprint density at radius 2 is 2.21 bits per heavy atom. The number of rotatable bonds is 7. The number of anilines is 1. The van der Waals surface area contributed by atoms with Crippen LogP contribution in [0.15, 0.2) is 42.7 Å². The van der Waals surface area contributed by atoms with Crippen molar-refractivity contribution in [2.24, 2.45) is 0 Å². The molecule has 2 heterocycles. The van der Waals surface area contributed by atoms with Gasteiger partial charge in [-0.15, -0.1) is 0 Å². The van der Waals surface area contributed by atoms with E-state index in [1.54, 1.807) is 24.5 Å². The normalized spacial score (nSPS) is 17.0. The van der Waals surface area contributed by atoms with E-state index in [1.165, 1.54) is 6.07 Å². The van der Waals surface area contributed by atoms with Crippen LogP contribution in [0.2, 0.25) is 0 Å². The van der Waals surface area contributed by atoms with Crippen molar-refractivity contribution in [2.75, 3.05) is 18.5 Å². The molecule has 24 heavy (non-hydrogen) atoms. The number of ether oxygens (including phenoxy) is 3. The van der Waals surface area contributed by atoms with Crippen molar-refractivity contribution in [1.29, 1.82) is 0 Å². The van der Waals surface area contributed by atoms with Gasteiger partial charge in [-0.1, -0.05) is 6.07 Å². The van der Waals surface area contributed by atoms with Crippen molar-refractivity contribution >= 4 is 5.69 Å². The Kier molecular flexibility index (Phi) is 5.43. The van der Waals surface area contributed by atoms with Crippen molar-refractivity contribution in [1.82, 2.24) is 4.98 Å². The van der Waals surface area contributed by atoms with Crippen LogP contribution in [0.4, 0.5) is 14.5 Å². The second-order valence-corrected chi connectivity index (χ2v) is 5.36. The number of benzene rings is 1. The highest BCUT2D eigenvalue weighted by Gasteiger charge is 2.20. The molecule has 0 aliphatic carbocycles. The molecule has 1 aromatic heterocycles. The molecule has 0 radical (unpaired) electrons. The first-order valence-corrected chi connectivity index (χ1v) is 7.67. The zero-order valence-electron chi connectivity index (χ0n) is 13.0. The van der Waals surface area contributed by atoms with Crippen LogP contribution in [0, 0.1) is 0 Å². The van der Waals surface area contributed by atoms with E-state index in [2.05, 4.69) is 15.0 Å². The van der Waals surface area contributed by atoms with Gasteiger partial charge < -0.3 is 19.5 Å². The van der Waals surface area contributed by atoms with Crippen molar-refractivity contribution < 1.29 is 23.0 Å². The average molecular weight is 336 g/mol. The van der Waals surface area contributed by atoms with Crippen LogP contribution < -0.4 is 14.8 Å². The number of nitrogens with one attached hydrogen (secondary N) is 1. The van der Waals surface area contributed by atoms with Gasteiger partial charge in [0.1, 0.15) is 6.10 Å². The Hall–Kier alpha value is -2.41. The monoisotopic (exact) mass is 336 g/mol. The van der Waals surface area contributed by atoms with Crippen LogP contribution in [0.3, 0.4) is 0 Å². The van der Waals surface area contributed by atoms with Crippen LogP contribution in [0.25, 0.3) is 0 Å². The summed E-state index contributed by atoms with van der Waals surface area (Å²) in [5.41, 5.74) is 1.76. The highest BCUT2D eigenvalue weighted by molar-refractivity contribution is 5.55. The quantitative estimate of drug-likeness (QED) is 0.839. The zero-order valence-corrected chi connectivity index (χ0v) is 13.0. The van der Waals surface area contributed by atoms with Gasteiger partial charge in [0, 0.05) is 37.1 Å². The zero-order chi connectivity index (χ0) is 16.8. The number of hydrogen-bond donors (Lipinski definition) is 1. The number of alkyl halides is 2. The molecule has 128 valence electrons. The molecular weight excluding hydrogens is 318 g/mol. The van der Waals surface area contributed by atoms with Crippen LogP contribution in [0.5, 0.6) is 11.5 Å². The summed E-state index contributed by atoms with van der Waals surface area (Å²) in [5, 5.41) is 3.21. The fourth-order valence-electron chi connectivity index (χ4n) is 2.40. The van der Waals surface area contributed by atoms with Gasteiger partial charge in [-0.2, -0.15) is 8.78 Å². The van der Waals surface area contributed by atoms with Crippen LogP contribution in [-0.2, 0) is 11.3 Å². The fraction of sp³-hybridized carbons (Fsp3) is 0.353. The molecule has 1 aliphatic rings. The second kappa shape index (κ2) is 7.92. The summed E-state index contributed by atoms with van der Waals surface area (Å²) in [4.78, 5) is 4.05. The first kappa shape index (κ1) is 16.4. The van der Waals surface area contributed by atoms with Crippen molar-refractivity contribution in [3.8, 4) is 11.5 Å². The van der Waals surface area contributed by atoms with Crippen LogP contribution in [-0.4, -0.2) is 30.9 Å². The van der Waals surface area contributed by atoms with E-state index in [-0.39, 0.29) is 17.6 Å². The van der Waals surface area contributed by atoms with Crippen molar-refractivity contribution in [3.63, 3.8) is 0 Å². The van der Waals surface area contributed by atoms with Gasteiger partial charge in [0.15, 0.2) is 11.5 Å². The first-order valence-electron chi connectivity index (χ1n) is 7.67. The van der Waals surface area contributed by atoms with Crippen LogP contribution in [0.1, 0.15) is 12.0 Å². The molecule has 0 spiro atoms. The van der Waals surface area contributed by atoms with Gasteiger partial charge in [0.25, 0.3) is 0 Å². The highest BCUT2D eigenvalue weighted by Crippen LogP contribution is 2.33. The molecule has 5 nitrogen and oxygen atoms in total. The lowest BCUT2D eigenvalue weighted by Gasteiger charge is -2.17. The van der Waals surface area contributed by atoms with E-state index < -0.39 is 6.61 Å². The number of nitrogens with zero attached hydrogens (tertiary/aromatic N) is 1. The van der Waals surface area contributed by atoms with Gasteiger partial charge >= 0.3 is 6.61 Å². The Bertz CT molecular complexity index is 650. The topological polar surface area (TPSA) is 52.6 Å². The predicted molar refractivity (Wildman–Crippen MR) is 84.5 cm³/mol. The SMILES string of the molecule is FC(F)Oc1ccc(NCc2cccnc2)cc1O[C@@H]1CCOC1. The Morgan fingerprint density at radius 3 is 2.92 bits per heavy atom. The number of aromatic nitrogens is 1. The summed E-state index contributed by atoms with van der Waals surface area (Å²) in [6.45, 7) is -1.29. The lowest BCUT2D eigenvalue weighted by atomic mass is 10.2. The minimum Gasteiger partial charge on any atom is -0.484 e. The third-order valence-corrected chi connectivity index (χ3v) is 3.56. The van der Waals surface area contributed by atoms with Crippen LogP contribution >= 0.6 is 0 Å². The van der Waals surface area contributed by atoms with E-state index in [0.29, 0.717) is 19.8 Å². The van der Waals surface area contributed by atoms with Gasteiger partial charge in [0.05, 0.1) is 13.2 Å². The maximum Gasteiger partial charge on any atom is 0.387 e.